The van der Waals surface area contributed by atoms with Crippen molar-refractivity contribution in [1.82, 2.24) is 14.6 Å². The van der Waals surface area contributed by atoms with E-state index < -0.39 is 15.8 Å². The van der Waals surface area contributed by atoms with Crippen molar-refractivity contribution in [3.8, 4) is 0 Å². The molecule has 2 heterocycles. The van der Waals surface area contributed by atoms with Crippen LogP contribution in [0.25, 0.3) is 22.2 Å². The Balaban J connectivity index is 1.71. The summed E-state index contributed by atoms with van der Waals surface area (Å²) in [7, 11) is -2.73. The van der Waals surface area contributed by atoms with Gasteiger partial charge in [0, 0.05) is 0 Å². The van der Waals surface area contributed by atoms with Gasteiger partial charge in [0.2, 0.25) is 9.84 Å². The first-order chi connectivity index (χ1) is 17.3. The summed E-state index contributed by atoms with van der Waals surface area (Å²) in [6.07, 6.45) is 1.50. The smallest absolute Gasteiger partial charge is 0.337 e. The molecule has 0 fully saturated rings. The van der Waals surface area contributed by atoms with Crippen LogP contribution in [0.1, 0.15) is 21.5 Å². The number of sulfone groups is 1. The first-order valence-corrected chi connectivity index (χ1v) is 12.4. The van der Waals surface area contributed by atoms with Gasteiger partial charge in [-0.2, -0.15) is 9.78 Å². The van der Waals surface area contributed by atoms with Crippen molar-refractivity contribution in [3.63, 3.8) is 0 Å². The molecular weight excluding hydrogens is 478 g/mol. The van der Waals surface area contributed by atoms with Crippen molar-refractivity contribution in [1.29, 1.82) is 0 Å². The van der Waals surface area contributed by atoms with Crippen LogP contribution in [-0.2, 0) is 14.6 Å². The molecule has 0 saturated heterocycles. The lowest BCUT2D eigenvalue weighted by atomic mass is 10.1. The normalized spacial score (nSPS) is 11.9. The van der Waals surface area contributed by atoms with Crippen LogP contribution >= 0.6 is 0 Å². The maximum absolute atomic E-state index is 13.7. The lowest BCUT2D eigenvalue weighted by Crippen LogP contribution is -2.07. The van der Waals surface area contributed by atoms with Crippen LogP contribution < -0.4 is 5.73 Å². The number of aromatic nitrogens is 3. The Labute approximate surface area is 206 Å². The average molecular weight is 500 g/mol. The van der Waals surface area contributed by atoms with E-state index >= 15 is 0 Å². The predicted molar refractivity (Wildman–Crippen MR) is 137 cm³/mol. The number of anilines is 1. The second kappa shape index (κ2) is 8.90. The molecule has 0 bridgehead atoms. The number of ether oxygens (including phenoxy) is 1. The van der Waals surface area contributed by atoms with Gasteiger partial charge in [-0.1, -0.05) is 36.4 Å². The topological polar surface area (TPSA) is 130 Å². The highest BCUT2D eigenvalue weighted by atomic mass is 32.2. The van der Waals surface area contributed by atoms with E-state index in [1.165, 1.54) is 24.1 Å². The number of methoxy groups -OCH3 is 1. The Hall–Kier alpha value is -4.57. The number of rotatable bonds is 5. The van der Waals surface area contributed by atoms with Gasteiger partial charge >= 0.3 is 5.97 Å². The largest absolute Gasteiger partial charge is 0.465 e. The Morgan fingerprint density at radius 3 is 2.36 bits per heavy atom. The minimum Gasteiger partial charge on any atom is -0.465 e. The molecule has 0 aliphatic heterocycles. The monoisotopic (exact) mass is 499 g/mol. The van der Waals surface area contributed by atoms with Gasteiger partial charge in [-0.15, -0.1) is 0 Å². The van der Waals surface area contributed by atoms with Crippen molar-refractivity contribution < 1.29 is 17.9 Å². The molecule has 0 atom stereocenters. The van der Waals surface area contributed by atoms with Crippen LogP contribution in [0, 0.1) is 6.92 Å². The highest BCUT2D eigenvalue weighted by Crippen LogP contribution is 2.35. The number of nitrogens with two attached hydrogens (primary N) is 1. The number of aryl methyl sites for hydroxylation is 1. The molecule has 180 valence electrons. The number of nitrogen functional groups attached to an aromatic ring is 1. The fourth-order valence-electron chi connectivity index (χ4n) is 3.85. The summed E-state index contributed by atoms with van der Waals surface area (Å²) in [6.45, 7) is 1.81. The number of carbonyl (C=O) groups excluding carboxylic acids is 1. The molecule has 2 aromatic heterocycles. The molecule has 2 N–H and O–H groups in total. The molecule has 0 aliphatic rings. The van der Waals surface area contributed by atoms with E-state index in [4.69, 9.17) is 10.5 Å². The van der Waals surface area contributed by atoms with E-state index in [9.17, 15) is 13.2 Å². The summed E-state index contributed by atoms with van der Waals surface area (Å²) < 4.78 is 33.4. The number of benzene rings is 3. The Morgan fingerprint density at radius 1 is 1.00 bits per heavy atom. The van der Waals surface area contributed by atoms with Crippen LogP contribution in [0.2, 0.25) is 0 Å². The van der Waals surface area contributed by atoms with Gasteiger partial charge in [0.1, 0.15) is 16.2 Å². The Kier molecular flexibility index (Phi) is 5.73. The van der Waals surface area contributed by atoms with E-state index in [2.05, 4.69) is 15.1 Å². The zero-order valence-corrected chi connectivity index (χ0v) is 20.2. The van der Waals surface area contributed by atoms with Gasteiger partial charge < -0.3 is 10.5 Å². The van der Waals surface area contributed by atoms with Crippen molar-refractivity contribution >= 4 is 50.0 Å². The van der Waals surface area contributed by atoms with Crippen LogP contribution in [0.5, 0.6) is 0 Å². The average Bonchev–Trinajstić information content (AvgIpc) is 3.16. The zero-order valence-electron chi connectivity index (χ0n) is 19.4. The molecule has 5 aromatic rings. The summed E-state index contributed by atoms with van der Waals surface area (Å²) >= 11 is 0. The van der Waals surface area contributed by atoms with Crippen LogP contribution in [0.3, 0.4) is 0 Å². The van der Waals surface area contributed by atoms with E-state index in [-0.39, 0.29) is 26.8 Å². The van der Waals surface area contributed by atoms with Gasteiger partial charge in [-0.05, 0) is 54.4 Å². The third kappa shape index (κ3) is 3.97. The highest BCUT2D eigenvalue weighted by Gasteiger charge is 2.30. The number of carbonyl (C=O) groups is 1. The fraction of sp³-hybridized carbons (Fsp3) is 0.0769. The summed E-state index contributed by atoms with van der Waals surface area (Å²) in [4.78, 5) is 20.9. The molecule has 0 spiro atoms. The molecule has 5 rings (SSSR count). The van der Waals surface area contributed by atoms with Gasteiger partial charge in [0.05, 0.1) is 34.8 Å². The lowest BCUT2D eigenvalue weighted by Gasteiger charge is -2.06. The SMILES string of the molecule is COC(=O)c1ccc(/C=N\n2c(N)c(S(=O)(=O)c3cccc(C)c3)c3nc4ccccc4nc32)cc1. The molecule has 9 nitrogen and oxygen atoms in total. The number of esters is 1. The number of hydrogen-bond donors (Lipinski definition) is 1. The molecule has 10 heteroatoms. The van der Waals surface area contributed by atoms with Gasteiger partial charge in [0.15, 0.2) is 5.65 Å². The molecule has 3 aromatic carbocycles. The molecule has 0 saturated carbocycles. The molecule has 0 amide bonds. The Morgan fingerprint density at radius 2 is 1.69 bits per heavy atom. The predicted octanol–water partition coefficient (Wildman–Crippen LogP) is 3.98. The molecule has 0 unspecified atom stereocenters. The van der Waals surface area contributed by atoms with Crippen molar-refractivity contribution in [3.05, 3.63) is 89.5 Å². The van der Waals surface area contributed by atoms with Gasteiger partial charge in [-0.25, -0.2) is 23.2 Å². The highest BCUT2D eigenvalue weighted by molar-refractivity contribution is 7.92. The van der Waals surface area contributed by atoms with E-state index in [0.717, 1.165) is 5.56 Å². The van der Waals surface area contributed by atoms with E-state index in [1.807, 2.05) is 19.1 Å². The van der Waals surface area contributed by atoms with E-state index in [0.29, 0.717) is 22.2 Å². The van der Waals surface area contributed by atoms with Crippen molar-refractivity contribution in [2.75, 3.05) is 12.8 Å². The summed E-state index contributed by atoms with van der Waals surface area (Å²) in [5, 5.41) is 4.43. The van der Waals surface area contributed by atoms with Crippen LogP contribution in [0.4, 0.5) is 5.82 Å². The third-order valence-electron chi connectivity index (χ3n) is 5.65. The maximum atomic E-state index is 13.7. The number of hydrogen-bond acceptors (Lipinski definition) is 8. The van der Waals surface area contributed by atoms with Crippen molar-refractivity contribution in [2.45, 2.75) is 16.7 Å². The first kappa shape index (κ1) is 23.2. The standard InChI is InChI=1S/C26H21N5O4S/c1-16-6-5-7-19(14-16)36(33,34)23-22-25(30-21-9-4-3-8-20(21)29-22)31(24(23)27)28-15-17-10-12-18(13-11-17)26(32)35-2/h3-15H,27H2,1-2H3/b28-15-. The second-order valence-corrected chi connectivity index (χ2v) is 9.98. The molecular formula is C26H21N5O4S. The molecule has 36 heavy (non-hydrogen) atoms. The lowest BCUT2D eigenvalue weighted by molar-refractivity contribution is 0.0600. The van der Waals surface area contributed by atoms with Crippen molar-refractivity contribution in [2.24, 2.45) is 5.10 Å². The van der Waals surface area contributed by atoms with Gasteiger partial charge in [0.25, 0.3) is 0 Å². The maximum Gasteiger partial charge on any atom is 0.337 e. The van der Waals surface area contributed by atoms with Crippen LogP contribution in [-0.4, -0.2) is 42.4 Å². The number of nitrogens with zero attached hydrogens (tertiary/aromatic N) is 4. The number of fused-ring (bicyclic) bond motifs is 2. The summed E-state index contributed by atoms with van der Waals surface area (Å²) in [5.74, 6) is -0.559. The second-order valence-electron chi connectivity index (χ2n) is 8.09. The van der Waals surface area contributed by atoms with Crippen LogP contribution in [0.15, 0.2) is 87.7 Å². The fourth-order valence-corrected chi connectivity index (χ4v) is 5.44. The van der Waals surface area contributed by atoms with Gasteiger partial charge in [-0.3, -0.25) is 0 Å². The molecule has 0 radical (unpaired) electrons. The van der Waals surface area contributed by atoms with E-state index in [1.54, 1.807) is 54.6 Å². The Bertz CT molecular complexity index is 1770. The molecule has 0 aliphatic carbocycles. The summed E-state index contributed by atoms with van der Waals surface area (Å²) in [5.41, 5.74) is 9.70. The number of para-hydroxylation sites is 2. The first-order valence-electron chi connectivity index (χ1n) is 10.9. The summed E-state index contributed by atoms with van der Waals surface area (Å²) in [6, 6.07) is 20.3. The third-order valence-corrected chi connectivity index (χ3v) is 7.47. The minimum absolute atomic E-state index is 0.102. The quantitative estimate of drug-likeness (QED) is 0.286. The zero-order chi connectivity index (χ0) is 25.4. The minimum atomic E-state index is -4.04.